The first-order chi connectivity index (χ1) is 17.9. The molecule has 0 saturated carbocycles. The Bertz CT molecular complexity index is 1290. The van der Waals surface area contributed by atoms with E-state index in [1.807, 2.05) is 48.5 Å². The van der Waals surface area contributed by atoms with E-state index in [0.29, 0.717) is 25.2 Å². The van der Waals surface area contributed by atoms with Gasteiger partial charge in [0.1, 0.15) is 42.3 Å². The maximum atomic E-state index is 12.9. The number of aliphatic carboxylic acids is 1. The van der Waals surface area contributed by atoms with Crippen molar-refractivity contribution in [1.29, 1.82) is 0 Å². The van der Waals surface area contributed by atoms with Gasteiger partial charge in [0.25, 0.3) is 0 Å². The second-order valence-electron chi connectivity index (χ2n) is 8.71. The van der Waals surface area contributed by atoms with Crippen LogP contribution in [-0.2, 0) is 21.2 Å². The summed E-state index contributed by atoms with van der Waals surface area (Å²) >= 11 is 0. The molecule has 3 aromatic rings. The number of nitrogens with zero attached hydrogens (tertiary/aromatic N) is 1. The lowest BCUT2D eigenvalue weighted by Crippen LogP contribution is -2.40. The minimum Gasteiger partial charge on any atom is -0.490 e. The van der Waals surface area contributed by atoms with Crippen LogP contribution in [0.1, 0.15) is 31.7 Å². The largest absolute Gasteiger partial charge is 0.490 e. The van der Waals surface area contributed by atoms with E-state index >= 15 is 0 Å². The highest BCUT2D eigenvalue weighted by Crippen LogP contribution is 2.29. The average molecular weight is 526 g/mol. The Kier molecular flexibility index (Phi) is 8.68. The van der Waals surface area contributed by atoms with Crippen LogP contribution in [0.2, 0.25) is 0 Å². The van der Waals surface area contributed by atoms with Crippen molar-refractivity contribution in [3.63, 3.8) is 0 Å². The third-order valence-electron chi connectivity index (χ3n) is 6.06. The number of carboxylic acids is 1. The number of rotatable bonds is 12. The predicted octanol–water partition coefficient (Wildman–Crippen LogP) is 5.13. The van der Waals surface area contributed by atoms with Gasteiger partial charge < -0.3 is 19.3 Å². The van der Waals surface area contributed by atoms with Crippen molar-refractivity contribution in [2.45, 2.75) is 43.5 Å². The van der Waals surface area contributed by atoms with Gasteiger partial charge in [0, 0.05) is 6.54 Å². The van der Waals surface area contributed by atoms with E-state index in [2.05, 4.69) is 6.92 Å². The molecule has 9 heteroatoms. The molecule has 1 saturated heterocycles. The van der Waals surface area contributed by atoms with Gasteiger partial charge in [0.15, 0.2) is 0 Å². The summed E-state index contributed by atoms with van der Waals surface area (Å²) in [6.45, 7) is 2.89. The molecule has 0 bridgehead atoms. The molecule has 1 aliphatic heterocycles. The summed E-state index contributed by atoms with van der Waals surface area (Å²) in [5.74, 6) is 1.66. The molecule has 1 aliphatic rings. The maximum absolute atomic E-state index is 12.9. The van der Waals surface area contributed by atoms with E-state index in [9.17, 15) is 18.3 Å². The Labute approximate surface area is 217 Å². The molecule has 1 unspecified atom stereocenters. The number of hydrogen-bond acceptors (Lipinski definition) is 6. The van der Waals surface area contributed by atoms with E-state index < -0.39 is 22.0 Å². The van der Waals surface area contributed by atoms with Crippen LogP contribution in [0.25, 0.3) is 0 Å². The number of carboxylic acid groups (broad SMARTS) is 1. The Balaban J connectivity index is 1.32. The van der Waals surface area contributed by atoms with Gasteiger partial charge in [-0.15, -0.1) is 0 Å². The minimum absolute atomic E-state index is 0.0475. The topological polar surface area (TPSA) is 102 Å². The molecule has 0 aromatic heterocycles. The number of aryl methyl sites for hydroxylation is 1. The smallest absolute Gasteiger partial charge is 0.322 e. The van der Waals surface area contributed by atoms with Gasteiger partial charge in [-0.05, 0) is 79.4 Å². The van der Waals surface area contributed by atoms with Crippen LogP contribution in [-0.4, -0.2) is 49.6 Å². The average Bonchev–Trinajstić information content (AvgIpc) is 3.40. The Morgan fingerprint density at radius 2 is 1.65 bits per heavy atom. The lowest BCUT2D eigenvalue weighted by Gasteiger charge is -2.21. The summed E-state index contributed by atoms with van der Waals surface area (Å²) in [5, 5.41) is 9.32. The zero-order valence-corrected chi connectivity index (χ0v) is 21.5. The second kappa shape index (κ2) is 12.1. The fourth-order valence-electron chi connectivity index (χ4n) is 4.28. The first kappa shape index (κ1) is 26.5. The van der Waals surface area contributed by atoms with Crippen molar-refractivity contribution in [2.24, 2.45) is 0 Å². The van der Waals surface area contributed by atoms with Crippen LogP contribution in [0.3, 0.4) is 0 Å². The molecule has 0 amide bonds. The van der Waals surface area contributed by atoms with Crippen LogP contribution < -0.4 is 14.2 Å². The van der Waals surface area contributed by atoms with Crippen molar-refractivity contribution >= 4 is 16.0 Å². The summed E-state index contributed by atoms with van der Waals surface area (Å²) in [6.07, 6.45) is 2.65. The number of benzene rings is 3. The zero-order chi connectivity index (χ0) is 26.3. The molecule has 0 aliphatic carbocycles. The fourth-order valence-corrected chi connectivity index (χ4v) is 5.93. The SMILES string of the molecule is CCCc1cc(Oc2ccccc2)ccc1OCCOc1ccc(S(=O)(=O)N2CCCC2C(=O)O)cc1. The van der Waals surface area contributed by atoms with E-state index in [1.54, 1.807) is 12.1 Å². The summed E-state index contributed by atoms with van der Waals surface area (Å²) in [7, 11) is -3.88. The summed E-state index contributed by atoms with van der Waals surface area (Å²) in [4.78, 5) is 11.4. The molecule has 196 valence electrons. The third kappa shape index (κ3) is 6.61. The molecule has 37 heavy (non-hydrogen) atoms. The molecule has 1 atom stereocenters. The molecule has 1 heterocycles. The molecule has 8 nitrogen and oxygen atoms in total. The van der Waals surface area contributed by atoms with Crippen molar-refractivity contribution in [3.8, 4) is 23.0 Å². The number of sulfonamides is 1. The van der Waals surface area contributed by atoms with Crippen LogP contribution in [0.4, 0.5) is 0 Å². The van der Waals surface area contributed by atoms with E-state index in [0.717, 1.165) is 40.0 Å². The molecule has 3 aromatic carbocycles. The van der Waals surface area contributed by atoms with E-state index in [-0.39, 0.29) is 18.0 Å². The number of hydrogen-bond donors (Lipinski definition) is 1. The van der Waals surface area contributed by atoms with Gasteiger partial charge in [-0.3, -0.25) is 4.79 Å². The Hall–Kier alpha value is -3.56. The van der Waals surface area contributed by atoms with Crippen LogP contribution >= 0.6 is 0 Å². The van der Waals surface area contributed by atoms with Gasteiger partial charge in [0.05, 0.1) is 4.90 Å². The summed E-state index contributed by atoms with van der Waals surface area (Å²) in [5.41, 5.74) is 1.05. The molecule has 0 spiro atoms. The number of carbonyl (C=O) groups is 1. The lowest BCUT2D eigenvalue weighted by molar-refractivity contribution is -0.140. The molecule has 1 fully saturated rings. The highest BCUT2D eigenvalue weighted by Gasteiger charge is 2.39. The normalized spacial score (nSPS) is 15.9. The molecule has 4 rings (SSSR count). The zero-order valence-electron chi connectivity index (χ0n) is 20.7. The Morgan fingerprint density at radius 3 is 2.35 bits per heavy atom. The van der Waals surface area contributed by atoms with E-state index in [1.165, 1.54) is 12.1 Å². The van der Waals surface area contributed by atoms with Gasteiger partial charge in [-0.25, -0.2) is 8.42 Å². The molecular formula is C28H31NO7S. The van der Waals surface area contributed by atoms with E-state index in [4.69, 9.17) is 14.2 Å². The third-order valence-corrected chi connectivity index (χ3v) is 7.98. The summed E-state index contributed by atoms with van der Waals surface area (Å²) in [6, 6.07) is 20.3. The van der Waals surface area contributed by atoms with Gasteiger partial charge in [-0.2, -0.15) is 4.31 Å². The monoisotopic (exact) mass is 525 g/mol. The number of para-hydroxylation sites is 1. The van der Waals surface area contributed by atoms with Gasteiger partial charge in [-0.1, -0.05) is 31.5 Å². The maximum Gasteiger partial charge on any atom is 0.322 e. The quantitative estimate of drug-likeness (QED) is 0.327. The van der Waals surface area contributed by atoms with Crippen molar-refractivity contribution in [3.05, 3.63) is 78.4 Å². The van der Waals surface area contributed by atoms with Crippen LogP contribution in [0, 0.1) is 0 Å². The highest BCUT2D eigenvalue weighted by molar-refractivity contribution is 7.89. The molecular weight excluding hydrogens is 494 g/mol. The second-order valence-corrected chi connectivity index (χ2v) is 10.6. The fraction of sp³-hybridized carbons (Fsp3) is 0.321. The Morgan fingerprint density at radius 1 is 0.946 bits per heavy atom. The van der Waals surface area contributed by atoms with Crippen molar-refractivity contribution < 1.29 is 32.5 Å². The van der Waals surface area contributed by atoms with Crippen LogP contribution in [0.15, 0.2) is 77.7 Å². The van der Waals surface area contributed by atoms with Crippen LogP contribution in [0.5, 0.6) is 23.0 Å². The predicted molar refractivity (Wildman–Crippen MR) is 139 cm³/mol. The molecule has 1 N–H and O–H groups in total. The lowest BCUT2D eigenvalue weighted by atomic mass is 10.1. The first-order valence-electron chi connectivity index (χ1n) is 12.3. The molecule has 0 radical (unpaired) electrons. The standard InChI is InChI=1S/C28H31NO7S/c1-2-7-21-20-24(36-23-8-4-3-5-9-23)13-16-27(21)35-19-18-34-22-11-14-25(15-12-22)37(32,33)29-17-6-10-26(29)28(30)31/h3-5,8-9,11-16,20,26H,2,6-7,10,17-19H2,1H3,(H,30,31). The van der Waals surface area contributed by atoms with Gasteiger partial charge >= 0.3 is 5.97 Å². The highest BCUT2D eigenvalue weighted by atomic mass is 32.2. The number of ether oxygens (including phenoxy) is 3. The van der Waals surface area contributed by atoms with Crippen molar-refractivity contribution in [1.82, 2.24) is 4.31 Å². The minimum atomic E-state index is -3.88. The summed E-state index contributed by atoms with van der Waals surface area (Å²) < 4.78 is 44.4. The first-order valence-corrected chi connectivity index (χ1v) is 13.8. The van der Waals surface area contributed by atoms with Gasteiger partial charge in [0.2, 0.25) is 10.0 Å². The van der Waals surface area contributed by atoms with Crippen molar-refractivity contribution in [2.75, 3.05) is 19.8 Å².